The van der Waals surface area contributed by atoms with Gasteiger partial charge in [-0.25, -0.2) is 4.79 Å². The summed E-state index contributed by atoms with van der Waals surface area (Å²) in [6, 6.07) is 5.12. The second kappa shape index (κ2) is 14.6. The van der Waals surface area contributed by atoms with E-state index in [9.17, 15) is 66.1 Å². The van der Waals surface area contributed by atoms with Crippen LogP contribution in [0.25, 0.3) is 5.76 Å². The minimum absolute atomic E-state index is 0.0662. The molecule has 0 spiro atoms. The third-order valence-electron chi connectivity index (χ3n) is 8.93. The van der Waals surface area contributed by atoms with Gasteiger partial charge in [-0.15, -0.1) is 0 Å². The molecule has 11 atom stereocenters. The number of esters is 1. The second-order valence-electron chi connectivity index (χ2n) is 12.6. The van der Waals surface area contributed by atoms with E-state index in [2.05, 4.69) is 4.74 Å². The van der Waals surface area contributed by atoms with E-state index in [0.717, 1.165) is 30.3 Å². The summed E-state index contributed by atoms with van der Waals surface area (Å²) in [4.78, 5) is 13.3. The van der Waals surface area contributed by atoms with Crippen LogP contribution < -0.4 is 0 Å². The van der Waals surface area contributed by atoms with Crippen molar-refractivity contribution in [2.45, 2.75) is 74.4 Å². The number of aliphatic hydroxyl groups is 9. The van der Waals surface area contributed by atoms with Crippen LogP contribution in [0.3, 0.4) is 0 Å². The normalized spacial score (nSPS) is 32.8. The Morgan fingerprint density at radius 2 is 1.47 bits per heavy atom. The van der Waals surface area contributed by atoms with Crippen molar-refractivity contribution < 1.29 is 94.5 Å². The molecule has 3 heterocycles. The van der Waals surface area contributed by atoms with Crippen molar-refractivity contribution in [3.8, 4) is 28.7 Å². The zero-order valence-electron chi connectivity index (χ0n) is 27.4. The fraction of sp³-hybridized carbons (Fsp3) is 0.382. The summed E-state index contributed by atoms with van der Waals surface area (Å²) in [7, 11) is 0. The van der Waals surface area contributed by atoms with E-state index in [1.165, 1.54) is 25.1 Å². The molecule has 3 aliphatic heterocycles. The van der Waals surface area contributed by atoms with Gasteiger partial charge in [0.15, 0.2) is 41.1 Å². The molecule has 11 unspecified atom stereocenters. The second-order valence-corrected chi connectivity index (χ2v) is 12.6. The van der Waals surface area contributed by atoms with Gasteiger partial charge in [0.1, 0.15) is 48.1 Å². The number of rotatable bonds is 8. The molecule has 0 aromatic heterocycles. The SMILES string of the molecule is CC1OC(OCC2OC(OC3=C(c4ccc(O)c(O)c4)[OH+]C4C=C(O)C=C(O)C4=C3)C(OC(=O)c3cc(O)c(O)c(O)c3)C(O)C2O)C(O)C(O)C1O. The Labute approximate surface area is 298 Å². The Balaban J connectivity index is 1.36. The van der Waals surface area contributed by atoms with Crippen molar-refractivity contribution in [3.63, 3.8) is 0 Å². The topological polar surface area (TPSA) is 319 Å². The highest BCUT2D eigenvalue weighted by Gasteiger charge is 2.51. The molecule has 19 nitrogen and oxygen atoms in total. The maximum absolute atomic E-state index is 13.3. The lowest BCUT2D eigenvalue weighted by Crippen LogP contribution is -2.62. The van der Waals surface area contributed by atoms with Crippen molar-refractivity contribution in [2.24, 2.45) is 0 Å². The largest absolute Gasteiger partial charge is 0.571 e. The maximum Gasteiger partial charge on any atom is 0.339 e. The first kappa shape index (κ1) is 37.5. The fourth-order valence-corrected chi connectivity index (χ4v) is 5.97. The third kappa shape index (κ3) is 7.36. The van der Waals surface area contributed by atoms with Gasteiger partial charge < -0.3 is 89.7 Å². The number of ether oxygens (including phenoxy) is 6. The predicted octanol–water partition coefficient (Wildman–Crippen LogP) is -0.850. The number of benzene rings is 2. The quantitative estimate of drug-likeness (QED) is 0.0888. The average molecular weight is 750 g/mol. The summed E-state index contributed by atoms with van der Waals surface area (Å²) in [5.74, 6) is -6.09. The standard InChI is InChI=1S/C34H36O19/c1-11-24(41)27(44)29(46)33(49-11)48-10-23-26(43)28(45)31(53-32(47)13-5-19(39)25(42)20(40)6-13)34(52-23)51-22-9-15-17(37)7-14(35)8-21(15)50-30(22)12-2-3-16(36)18(38)4-12/h2-9,11,21,23-24,26-29,31,33-46H,10H2,1H3/p+1. The summed E-state index contributed by atoms with van der Waals surface area (Å²) in [6.07, 6.45) is -14.1. The molecule has 19 heteroatoms. The van der Waals surface area contributed by atoms with E-state index in [0.29, 0.717) is 0 Å². The molecular formula is C34H37O19+. The van der Waals surface area contributed by atoms with Crippen molar-refractivity contribution in [1.82, 2.24) is 0 Å². The van der Waals surface area contributed by atoms with Crippen LogP contribution in [0.2, 0.25) is 0 Å². The number of phenols is 5. The van der Waals surface area contributed by atoms with E-state index in [4.69, 9.17) is 23.7 Å². The Bertz CT molecular complexity index is 1840. The maximum atomic E-state index is 13.3. The molecule has 1 aliphatic carbocycles. The molecule has 2 fully saturated rings. The van der Waals surface area contributed by atoms with Crippen LogP contribution in [0.1, 0.15) is 22.8 Å². The molecule has 2 aromatic rings. The zero-order valence-corrected chi connectivity index (χ0v) is 27.4. The van der Waals surface area contributed by atoms with Gasteiger partial charge in [-0.2, -0.15) is 0 Å². The molecule has 4 aliphatic rings. The van der Waals surface area contributed by atoms with Crippen LogP contribution >= 0.6 is 0 Å². The lowest BCUT2D eigenvalue weighted by Gasteiger charge is -2.43. The number of phenolic OH excluding ortho intramolecular Hbond substituents is 5. The van der Waals surface area contributed by atoms with Crippen molar-refractivity contribution in [1.29, 1.82) is 0 Å². The lowest BCUT2D eigenvalue weighted by molar-refractivity contribution is -0.323. The first-order valence-electron chi connectivity index (χ1n) is 16.0. The minimum Gasteiger partial charge on any atom is -0.571 e. The molecule has 0 saturated carbocycles. The Morgan fingerprint density at radius 1 is 0.774 bits per heavy atom. The van der Waals surface area contributed by atoms with Crippen molar-refractivity contribution in [2.75, 3.05) is 6.61 Å². The van der Waals surface area contributed by atoms with Crippen molar-refractivity contribution in [3.05, 3.63) is 82.5 Å². The van der Waals surface area contributed by atoms with E-state index in [-0.39, 0.29) is 28.4 Å². The van der Waals surface area contributed by atoms with E-state index >= 15 is 0 Å². The van der Waals surface area contributed by atoms with E-state index in [1.807, 2.05) is 0 Å². The van der Waals surface area contributed by atoms with Gasteiger partial charge in [-0.3, -0.25) is 0 Å². The molecular weight excluding hydrogens is 712 g/mol. The molecule has 2 aromatic carbocycles. The molecule has 53 heavy (non-hydrogen) atoms. The monoisotopic (exact) mass is 749 g/mol. The Kier molecular flexibility index (Phi) is 10.4. The highest BCUT2D eigenvalue weighted by atomic mass is 16.7. The number of allylic oxidation sites excluding steroid dienone is 2. The highest BCUT2D eigenvalue weighted by molar-refractivity contribution is 5.91. The summed E-state index contributed by atoms with van der Waals surface area (Å²) in [5.41, 5.74) is -0.281. The number of aliphatic hydroxyl groups excluding tert-OH is 7. The Morgan fingerprint density at radius 3 is 2.15 bits per heavy atom. The number of fused-ring (bicyclic) bond motifs is 1. The average Bonchev–Trinajstić information content (AvgIpc) is 3.11. The van der Waals surface area contributed by atoms with Gasteiger partial charge in [0.2, 0.25) is 18.2 Å². The number of hydrogen-bond acceptors (Lipinski definition) is 18. The highest BCUT2D eigenvalue weighted by Crippen LogP contribution is 2.40. The predicted molar refractivity (Wildman–Crippen MR) is 173 cm³/mol. The molecule has 2 saturated heterocycles. The van der Waals surface area contributed by atoms with Gasteiger partial charge >= 0.3 is 11.7 Å². The minimum atomic E-state index is -2.04. The summed E-state index contributed by atoms with van der Waals surface area (Å²) in [5, 5.41) is 124. The van der Waals surface area contributed by atoms with Gasteiger partial charge in [-0.05, 0) is 31.2 Å². The summed E-state index contributed by atoms with van der Waals surface area (Å²) in [6.45, 7) is 0.751. The molecule has 0 radical (unpaired) electrons. The van der Waals surface area contributed by atoms with Crippen LogP contribution in [-0.4, -0.2) is 146 Å². The van der Waals surface area contributed by atoms with Gasteiger partial charge in [0.25, 0.3) is 0 Å². The van der Waals surface area contributed by atoms with E-state index in [1.54, 1.807) is 0 Å². The fourth-order valence-electron chi connectivity index (χ4n) is 5.97. The van der Waals surface area contributed by atoms with Gasteiger partial charge in [0, 0.05) is 18.2 Å². The van der Waals surface area contributed by atoms with Crippen LogP contribution in [-0.2, 0) is 23.7 Å². The molecule has 13 N–H and O–H groups in total. The smallest absolute Gasteiger partial charge is 0.339 e. The summed E-state index contributed by atoms with van der Waals surface area (Å²) >= 11 is 0. The number of aromatic hydroxyl groups is 5. The zero-order chi connectivity index (χ0) is 38.5. The Hall–Kier alpha value is -5.25. The molecule has 286 valence electrons. The van der Waals surface area contributed by atoms with Crippen LogP contribution in [0.4, 0.5) is 0 Å². The van der Waals surface area contributed by atoms with Gasteiger partial charge in [-0.1, -0.05) is 0 Å². The molecule has 0 amide bonds. The number of carbonyl (C=O) groups excluding carboxylic acids is 1. The number of hydrogen-bond donors (Lipinski definition) is 12. The lowest BCUT2D eigenvalue weighted by atomic mass is 9.96. The first-order chi connectivity index (χ1) is 25.0. The van der Waals surface area contributed by atoms with Crippen LogP contribution in [0.15, 0.2) is 71.4 Å². The van der Waals surface area contributed by atoms with Crippen molar-refractivity contribution >= 4 is 11.7 Å². The van der Waals surface area contributed by atoms with Crippen LogP contribution in [0.5, 0.6) is 28.7 Å². The number of carbonyl (C=O) groups is 1. The van der Waals surface area contributed by atoms with Gasteiger partial charge in [0.05, 0.1) is 35.5 Å². The molecule has 0 bridgehead atoms. The molecule has 6 rings (SSSR count). The van der Waals surface area contributed by atoms with Crippen LogP contribution in [0, 0.1) is 0 Å². The van der Waals surface area contributed by atoms with E-state index < -0.39 is 120 Å². The summed E-state index contributed by atoms with van der Waals surface area (Å²) < 4.78 is 33.1. The first-order valence-corrected chi connectivity index (χ1v) is 16.0. The third-order valence-corrected chi connectivity index (χ3v) is 8.93.